The van der Waals surface area contributed by atoms with Crippen molar-refractivity contribution in [1.29, 1.82) is 0 Å². The van der Waals surface area contributed by atoms with E-state index in [9.17, 15) is 0 Å². The van der Waals surface area contributed by atoms with Gasteiger partial charge in [-0.3, -0.25) is 0 Å². The average Bonchev–Trinajstić information content (AvgIpc) is 3.63. The van der Waals surface area contributed by atoms with Crippen LogP contribution in [-0.4, -0.2) is 81.6 Å². The van der Waals surface area contributed by atoms with Crippen LogP contribution in [-0.2, 0) is 37.9 Å². The molecule has 4 heterocycles. The Balaban J connectivity index is 1.46. The molecule has 0 aromatic carbocycles. The molecule has 2 aliphatic carbocycles. The van der Waals surface area contributed by atoms with Crippen LogP contribution < -0.4 is 0 Å². The van der Waals surface area contributed by atoms with Gasteiger partial charge in [-0.2, -0.15) is 0 Å². The first-order valence-electron chi connectivity index (χ1n) is 13.9. The summed E-state index contributed by atoms with van der Waals surface area (Å²) in [6.07, 6.45) is 9.04. The molecule has 41 heavy (non-hydrogen) atoms. The summed E-state index contributed by atoms with van der Waals surface area (Å²) in [5.41, 5.74) is -0.968. The molecule has 6 rings (SSSR count). The molecule has 0 N–H and O–H groups in total. The molecule has 3 bridgehead atoms. The second kappa shape index (κ2) is 10.5. The molecule has 12 heteroatoms. The molecule has 4 aliphatic heterocycles. The molecular weight excluding hydrogens is 605 g/mol. The van der Waals surface area contributed by atoms with Crippen molar-refractivity contribution in [2.45, 2.75) is 93.5 Å². The lowest BCUT2D eigenvalue weighted by Crippen LogP contribution is -2.74. The highest BCUT2D eigenvalue weighted by atomic mass is 32.2. The van der Waals surface area contributed by atoms with Crippen molar-refractivity contribution >= 4 is 56.7 Å². The first-order valence-corrected chi connectivity index (χ1v) is 17.2. The Morgan fingerprint density at radius 3 is 2.49 bits per heavy atom. The maximum absolute atomic E-state index is 7.06. The van der Waals surface area contributed by atoms with E-state index in [4.69, 9.17) is 62.3 Å². The zero-order valence-corrected chi connectivity index (χ0v) is 27.4. The van der Waals surface area contributed by atoms with Gasteiger partial charge in [0.2, 0.25) is 8.77 Å². The third-order valence-electron chi connectivity index (χ3n) is 9.40. The summed E-state index contributed by atoms with van der Waals surface area (Å²) in [5, 5.41) is 0. The minimum atomic E-state index is -1.31. The molecule has 8 nitrogen and oxygen atoms in total. The van der Waals surface area contributed by atoms with Crippen LogP contribution >= 0.6 is 48.0 Å². The molecule has 5 fully saturated rings. The summed E-state index contributed by atoms with van der Waals surface area (Å²) in [7, 11) is 0. The lowest BCUT2D eigenvalue weighted by Gasteiger charge is -2.59. The molecular formula is C29H38O8S4. The Hall–Kier alpha value is -0.540. The van der Waals surface area contributed by atoms with Gasteiger partial charge in [-0.15, -0.1) is 0 Å². The molecule has 0 radical (unpaired) electrons. The van der Waals surface area contributed by atoms with Crippen LogP contribution in [0.3, 0.4) is 0 Å². The second-order valence-electron chi connectivity index (χ2n) is 12.0. The maximum Gasteiger partial charge on any atom is 0.284 e. The quantitative estimate of drug-likeness (QED) is 0.255. The predicted molar refractivity (Wildman–Crippen MR) is 166 cm³/mol. The SMILES string of the molecule is C=C(COC(=S)SC)C[C@]12OC3(CCCO3)O[C@H]1C=C[C@H]2[C@]12OC3(C)O[C@H]([C@H]1OC(=S)SC)[C@](C(=C)C)(C[C@H]2C)O3. The van der Waals surface area contributed by atoms with E-state index in [0.717, 1.165) is 17.6 Å². The molecule has 0 aromatic heterocycles. The fourth-order valence-corrected chi connectivity index (χ4v) is 8.44. The summed E-state index contributed by atoms with van der Waals surface area (Å²) in [4.78, 5) is 0. The lowest BCUT2D eigenvalue weighted by atomic mass is 9.57. The van der Waals surface area contributed by atoms with Gasteiger partial charge in [-0.25, -0.2) is 0 Å². The number of ether oxygens (including phenoxy) is 8. The van der Waals surface area contributed by atoms with Crippen LogP contribution in [0.25, 0.3) is 0 Å². The topological polar surface area (TPSA) is 73.8 Å². The van der Waals surface area contributed by atoms with E-state index in [1.54, 1.807) is 0 Å². The van der Waals surface area contributed by atoms with Crippen LogP contribution in [0.4, 0.5) is 0 Å². The van der Waals surface area contributed by atoms with E-state index < -0.39 is 47.1 Å². The van der Waals surface area contributed by atoms with Crippen molar-refractivity contribution in [2.24, 2.45) is 11.8 Å². The number of fused-ring (bicyclic) bond motifs is 3. The van der Waals surface area contributed by atoms with Gasteiger partial charge in [0.15, 0.2) is 6.10 Å². The fraction of sp³-hybridized carbons (Fsp3) is 0.724. The minimum absolute atomic E-state index is 0.0701. The van der Waals surface area contributed by atoms with Gasteiger partial charge in [0.1, 0.15) is 35.6 Å². The van der Waals surface area contributed by atoms with E-state index >= 15 is 0 Å². The van der Waals surface area contributed by atoms with Crippen molar-refractivity contribution in [3.05, 3.63) is 36.5 Å². The van der Waals surface area contributed by atoms with Crippen LogP contribution in [0.15, 0.2) is 36.5 Å². The van der Waals surface area contributed by atoms with E-state index in [-0.39, 0.29) is 18.4 Å². The van der Waals surface area contributed by atoms with Crippen LogP contribution in [0, 0.1) is 11.8 Å². The van der Waals surface area contributed by atoms with E-state index in [2.05, 4.69) is 32.2 Å². The zero-order chi connectivity index (χ0) is 29.4. The van der Waals surface area contributed by atoms with Crippen molar-refractivity contribution in [2.75, 3.05) is 25.7 Å². The molecule has 2 unspecified atom stereocenters. The highest BCUT2D eigenvalue weighted by Gasteiger charge is 2.80. The third kappa shape index (κ3) is 4.54. The highest BCUT2D eigenvalue weighted by Crippen LogP contribution is 2.67. The van der Waals surface area contributed by atoms with Gasteiger partial charge in [0.05, 0.1) is 6.61 Å². The van der Waals surface area contributed by atoms with Gasteiger partial charge in [-0.05, 0) is 73.8 Å². The largest absolute Gasteiger partial charge is 0.474 e. The number of hydrogen-bond donors (Lipinski definition) is 0. The molecule has 1 saturated carbocycles. The van der Waals surface area contributed by atoms with Gasteiger partial charge in [0, 0.05) is 25.7 Å². The van der Waals surface area contributed by atoms with Crippen molar-refractivity contribution in [3.8, 4) is 0 Å². The van der Waals surface area contributed by atoms with Crippen LogP contribution in [0.1, 0.15) is 46.5 Å². The summed E-state index contributed by atoms with van der Waals surface area (Å²) >= 11 is 13.7. The monoisotopic (exact) mass is 642 g/mol. The van der Waals surface area contributed by atoms with Gasteiger partial charge >= 0.3 is 0 Å². The molecule has 226 valence electrons. The average molecular weight is 643 g/mol. The Bertz CT molecular complexity index is 1190. The van der Waals surface area contributed by atoms with Crippen LogP contribution in [0.2, 0.25) is 0 Å². The van der Waals surface area contributed by atoms with Gasteiger partial charge in [-0.1, -0.05) is 55.8 Å². The van der Waals surface area contributed by atoms with Gasteiger partial charge < -0.3 is 37.9 Å². The van der Waals surface area contributed by atoms with E-state index in [1.165, 1.54) is 23.5 Å². The summed E-state index contributed by atoms with van der Waals surface area (Å²) in [6, 6.07) is 0. The number of thiocarbonyl (C=S) groups is 2. The Morgan fingerprint density at radius 2 is 1.83 bits per heavy atom. The molecule has 0 aromatic rings. The third-order valence-corrected chi connectivity index (χ3v) is 11.5. The Morgan fingerprint density at radius 1 is 1.07 bits per heavy atom. The first kappa shape index (κ1) is 30.5. The summed E-state index contributed by atoms with van der Waals surface area (Å²) in [5.74, 6) is -2.87. The first-order chi connectivity index (χ1) is 19.4. The number of thioether (sulfide) groups is 2. The molecule has 10 atom stereocenters. The normalized spacial score (nSPS) is 47.1. The maximum atomic E-state index is 7.06. The summed E-state index contributed by atoms with van der Waals surface area (Å²) in [6.45, 7) is 15.5. The molecule has 6 aliphatic rings. The Labute approximate surface area is 261 Å². The van der Waals surface area contributed by atoms with E-state index in [1.807, 2.05) is 26.4 Å². The fourth-order valence-electron chi connectivity index (χ4n) is 7.90. The lowest BCUT2D eigenvalue weighted by molar-refractivity contribution is -0.426. The Kier molecular flexibility index (Phi) is 7.83. The van der Waals surface area contributed by atoms with Crippen molar-refractivity contribution in [3.63, 3.8) is 0 Å². The summed E-state index contributed by atoms with van der Waals surface area (Å²) < 4.78 is 53.2. The second-order valence-corrected chi connectivity index (χ2v) is 14.8. The molecule has 0 amide bonds. The zero-order valence-electron chi connectivity index (χ0n) is 24.1. The van der Waals surface area contributed by atoms with Crippen LogP contribution in [0.5, 0.6) is 0 Å². The van der Waals surface area contributed by atoms with Crippen molar-refractivity contribution < 1.29 is 37.9 Å². The van der Waals surface area contributed by atoms with E-state index in [0.29, 0.717) is 34.6 Å². The minimum Gasteiger partial charge on any atom is -0.474 e. The molecule has 1 spiro atoms. The number of rotatable bonds is 7. The van der Waals surface area contributed by atoms with Crippen molar-refractivity contribution in [1.82, 2.24) is 0 Å². The highest BCUT2D eigenvalue weighted by molar-refractivity contribution is 8.22. The molecule has 4 saturated heterocycles. The standard InChI is InChI=1S/C29H38O8S4/c1-16(2)26-14-18(4)29(22(32-24(39)41-7)21(26)34-25(5,35-26)36-29)19-9-10-20-27(19,13-17(3)15-30-23(38)40-6)37-28(33-20)11-8-12-31-28/h9-10,18-22H,1,3,8,11-15H2,2,4-7H3/t18-,19-,20+,21-,22-,25?,26-,27-,28?,29+/m1/s1. The number of hydrogen-bond acceptors (Lipinski definition) is 12. The predicted octanol–water partition coefficient (Wildman–Crippen LogP) is 5.65. The smallest absolute Gasteiger partial charge is 0.284 e. The van der Waals surface area contributed by atoms with Gasteiger partial charge in [0.25, 0.3) is 11.9 Å².